The number of rotatable bonds is 13. The van der Waals surface area contributed by atoms with E-state index in [1.807, 2.05) is 38.1 Å². The van der Waals surface area contributed by atoms with Gasteiger partial charge in [0.05, 0.1) is 17.0 Å². The topological polar surface area (TPSA) is 95.9 Å². The molecule has 1 aliphatic heterocycles. The molecule has 3 aliphatic rings. The van der Waals surface area contributed by atoms with Crippen LogP contribution in [0.3, 0.4) is 0 Å². The van der Waals surface area contributed by atoms with E-state index in [1.165, 1.54) is 5.56 Å². The Labute approximate surface area is 287 Å². The predicted octanol–water partition coefficient (Wildman–Crippen LogP) is 8.08. The van der Waals surface area contributed by atoms with Crippen LogP contribution in [0, 0.1) is 23.7 Å². The summed E-state index contributed by atoms with van der Waals surface area (Å²) in [5, 5.41) is 11.1. The van der Waals surface area contributed by atoms with Gasteiger partial charge in [0.1, 0.15) is 12.4 Å². The van der Waals surface area contributed by atoms with Crippen LogP contribution in [0.4, 0.5) is 5.69 Å². The Bertz CT molecular complexity index is 1510. The van der Waals surface area contributed by atoms with E-state index in [4.69, 9.17) is 16.3 Å². The molecule has 0 bridgehead atoms. The van der Waals surface area contributed by atoms with E-state index >= 15 is 0 Å². The highest BCUT2D eigenvalue weighted by molar-refractivity contribution is 7.90. The monoisotopic (exact) mass is 684 g/mol. The van der Waals surface area contributed by atoms with Gasteiger partial charge in [-0.1, -0.05) is 76.3 Å². The zero-order valence-electron chi connectivity index (χ0n) is 28.3. The Hall–Kier alpha value is -2.55. The molecule has 2 aromatic rings. The molecule has 2 aliphatic carbocycles. The summed E-state index contributed by atoms with van der Waals surface area (Å²) in [5.74, 6) is 0.899. The number of anilines is 1. The maximum absolute atomic E-state index is 13.7. The minimum atomic E-state index is -3.87. The predicted molar refractivity (Wildman–Crippen MR) is 191 cm³/mol. The zero-order valence-corrected chi connectivity index (χ0v) is 29.9. The number of hydrogen-bond donors (Lipinski definition) is 2. The van der Waals surface area contributed by atoms with Gasteiger partial charge < -0.3 is 14.7 Å². The lowest BCUT2D eigenvalue weighted by Crippen LogP contribution is -2.43. The third-order valence-electron chi connectivity index (χ3n) is 10.6. The van der Waals surface area contributed by atoms with Crippen LogP contribution in [0.1, 0.15) is 106 Å². The van der Waals surface area contributed by atoms with Crippen LogP contribution in [-0.4, -0.2) is 43.9 Å². The molecule has 0 aromatic heterocycles. The summed E-state index contributed by atoms with van der Waals surface area (Å²) in [5.41, 5.74) is 3.34. The molecule has 7 nitrogen and oxygen atoms in total. The standard InChI is InChI=1S/C38H53ClN2O5S/c1-4-6-7-11-35(42)33-18-15-30(33)24-41-20-9-8-10-28-22-32(39)17-14-31(28)25-46-36-19-16-29(23-34(36)41)38(43)40-47(44,45)37(26(3)5-2)21-27-12-13-27/h7,11,14,16-17,19,22-23,26-27,30,33,35,37,42H,4-6,8-10,12-13,15,18,20-21,24-25H2,1-3H3,(H,40,43)/b11-7+/t26-,30-,33+,35-,37+/m0/s1. The van der Waals surface area contributed by atoms with Crippen molar-refractivity contribution in [1.29, 1.82) is 0 Å². The van der Waals surface area contributed by atoms with Gasteiger partial charge in [-0.15, -0.1) is 0 Å². The minimum Gasteiger partial charge on any atom is -0.487 e. The molecule has 2 N–H and O–H groups in total. The van der Waals surface area contributed by atoms with Crippen LogP contribution < -0.4 is 14.4 Å². The highest BCUT2D eigenvalue weighted by atomic mass is 35.5. The second kappa shape index (κ2) is 16.2. The number of sulfonamides is 1. The third-order valence-corrected chi connectivity index (χ3v) is 12.7. The molecule has 1 amide bonds. The van der Waals surface area contributed by atoms with E-state index in [9.17, 15) is 18.3 Å². The van der Waals surface area contributed by atoms with Gasteiger partial charge in [-0.2, -0.15) is 0 Å². The number of fused-ring (bicyclic) bond motifs is 2. The van der Waals surface area contributed by atoms with Crippen molar-refractivity contribution in [3.8, 4) is 5.75 Å². The molecule has 0 spiro atoms. The smallest absolute Gasteiger partial charge is 0.264 e. The van der Waals surface area contributed by atoms with E-state index in [1.54, 1.807) is 18.2 Å². The van der Waals surface area contributed by atoms with Crippen molar-refractivity contribution >= 4 is 33.2 Å². The lowest BCUT2D eigenvalue weighted by molar-refractivity contribution is 0.0461. The molecule has 2 aromatic carbocycles. The molecule has 0 radical (unpaired) electrons. The number of amides is 1. The SMILES string of the molecule is CCC/C=C/[C@H](O)[C@@H]1CC[C@H]1CN1CCCCc2cc(Cl)ccc2COc2ccc(C(=O)NS(=O)(=O)[C@H](CC3CC3)[C@@H](C)CC)cc21. The molecule has 1 heterocycles. The van der Waals surface area contributed by atoms with Gasteiger partial charge in [0, 0.05) is 23.7 Å². The van der Waals surface area contributed by atoms with Gasteiger partial charge in [0.25, 0.3) is 5.91 Å². The Morgan fingerprint density at radius 3 is 2.62 bits per heavy atom. The van der Waals surface area contributed by atoms with Gasteiger partial charge in [-0.3, -0.25) is 4.79 Å². The van der Waals surface area contributed by atoms with Crippen molar-refractivity contribution in [2.24, 2.45) is 23.7 Å². The minimum absolute atomic E-state index is 0.0439. The number of benzene rings is 2. The van der Waals surface area contributed by atoms with Gasteiger partial charge in [0.2, 0.25) is 10.0 Å². The Morgan fingerprint density at radius 2 is 1.91 bits per heavy atom. The summed E-state index contributed by atoms with van der Waals surface area (Å²) in [6, 6.07) is 11.2. The van der Waals surface area contributed by atoms with Crippen LogP contribution in [0.15, 0.2) is 48.6 Å². The number of hydrogen-bond acceptors (Lipinski definition) is 6. The van der Waals surface area contributed by atoms with Crippen molar-refractivity contribution in [2.45, 2.75) is 109 Å². The fraction of sp³-hybridized carbons (Fsp3) is 0.605. The molecule has 9 heteroatoms. The van der Waals surface area contributed by atoms with E-state index in [0.29, 0.717) is 41.2 Å². The third kappa shape index (κ3) is 9.33. The normalized spacial score (nSPS) is 22.2. The molecule has 2 fully saturated rings. The van der Waals surface area contributed by atoms with Crippen LogP contribution in [0.5, 0.6) is 5.75 Å². The quantitative estimate of drug-likeness (QED) is 0.207. The summed E-state index contributed by atoms with van der Waals surface area (Å²) in [6.07, 6.45) is 13.8. The van der Waals surface area contributed by atoms with Crippen LogP contribution in [0.2, 0.25) is 5.02 Å². The average molecular weight is 685 g/mol. The first-order valence-corrected chi connectivity index (χ1v) is 19.7. The fourth-order valence-corrected chi connectivity index (χ4v) is 9.10. The Kier molecular flexibility index (Phi) is 12.3. The van der Waals surface area contributed by atoms with Gasteiger partial charge in [-0.05, 0) is 110 Å². The van der Waals surface area contributed by atoms with Crippen molar-refractivity contribution < 1.29 is 23.1 Å². The number of nitrogens with one attached hydrogen (secondary N) is 1. The largest absolute Gasteiger partial charge is 0.487 e. The van der Waals surface area contributed by atoms with E-state index in [2.05, 4.69) is 22.6 Å². The van der Waals surface area contributed by atoms with Crippen molar-refractivity contribution in [3.05, 3.63) is 70.3 Å². The first-order valence-electron chi connectivity index (χ1n) is 17.8. The number of aliphatic hydroxyl groups excluding tert-OH is 1. The summed E-state index contributed by atoms with van der Waals surface area (Å²) in [4.78, 5) is 15.9. The van der Waals surface area contributed by atoms with E-state index in [-0.39, 0.29) is 11.8 Å². The zero-order chi connectivity index (χ0) is 33.6. The fourth-order valence-electron chi connectivity index (χ4n) is 7.05. The highest BCUT2D eigenvalue weighted by Gasteiger charge is 2.38. The number of nitrogens with zero attached hydrogens (tertiary/aromatic N) is 1. The summed E-state index contributed by atoms with van der Waals surface area (Å²) < 4.78 is 36.1. The Morgan fingerprint density at radius 1 is 1.11 bits per heavy atom. The second-order valence-corrected chi connectivity index (χ2v) is 16.4. The van der Waals surface area contributed by atoms with E-state index < -0.39 is 27.3 Å². The Balaban J connectivity index is 1.42. The second-order valence-electron chi connectivity index (χ2n) is 14.1. The molecule has 258 valence electrons. The molecule has 0 unspecified atom stereocenters. The molecular formula is C38H53ClN2O5S. The van der Waals surface area contributed by atoms with Gasteiger partial charge >= 0.3 is 0 Å². The lowest BCUT2D eigenvalue weighted by atomic mass is 9.70. The first-order chi connectivity index (χ1) is 22.6. The van der Waals surface area contributed by atoms with Crippen LogP contribution in [0.25, 0.3) is 0 Å². The van der Waals surface area contributed by atoms with Crippen molar-refractivity contribution in [3.63, 3.8) is 0 Å². The van der Waals surface area contributed by atoms with Crippen molar-refractivity contribution in [2.75, 3.05) is 18.0 Å². The van der Waals surface area contributed by atoms with Crippen LogP contribution >= 0.6 is 11.6 Å². The van der Waals surface area contributed by atoms with Gasteiger partial charge in [-0.25, -0.2) is 13.1 Å². The molecule has 5 atom stereocenters. The summed E-state index contributed by atoms with van der Waals surface area (Å²) in [6.45, 7) is 7.92. The number of halogens is 1. The lowest BCUT2D eigenvalue weighted by Gasteiger charge is -2.42. The summed E-state index contributed by atoms with van der Waals surface area (Å²) in [7, 11) is -3.87. The van der Waals surface area contributed by atoms with Gasteiger partial charge in [0.15, 0.2) is 0 Å². The summed E-state index contributed by atoms with van der Waals surface area (Å²) >= 11 is 6.35. The number of carbonyl (C=O) groups is 1. The maximum atomic E-state index is 13.7. The number of carbonyl (C=O) groups excluding carboxylic acids is 1. The molecular weight excluding hydrogens is 632 g/mol. The number of aliphatic hydroxyl groups is 1. The average Bonchev–Trinajstić information content (AvgIpc) is 3.86. The number of aryl methyl sites for hydroxylation is 1. The van der Waals surface area contributed by atoms with E-state index in [0.717, 1.165) is 88.5 Å². The highest BCUT2D eigenvalue weighted by Crippen LogP contribution is 2.41. The molecule has 0 saturated heterocycles. The molecule has 5 rings (SSSR count). The molecule has 2 saturated carbocycles. The van der Waals surface area contributed by atoms with Crippen molar-refractivity contribution in [1.82, 2.24) is 4.72 Å². The number of allylic oxidation sites excluding steroid dienone is 1. The first kappa shape index (κ1) is 35.7. The number of unbranched alkanes of at least 4 members (excludes halogenated alkanes) is 1. The number of ether oxygens (including phenoxy) is 1. The molecule has 47 heavy (non-hydrogen) atoms. The maximum Gasteiger partial charge on any atom is 0.264 e. The van der Waals surface area contributed by atoms with Crippen LogP contribution in [-0.2, 0) is 23.1 Å².